The van der Waals surface area contributed by atoms with Crippen LogP contribution in [0.3, 0.4) is 0 Å². The molecule has 0 saturated carbocycles. The summed E-state index contributed by atoms with van der Waals surface area (Å²) >= 11 is 0. The standard InChI is InChI=1S/C31H30N2O4/c1-36-27-18-17-26(21-28(27)37-22-25-15-9-4-10-16-25)31(32-29(34)19-23-11-5-2-6-12-23)33-30(35)20-24-13-7-3-8-14-24/h2-18,21,31H,19-20,22H2,1H3,(H,32,34)(H,33,35). The minimum Gasteiger partial charge on any atom is -0.493 e. The summed E-state index contributed by atoms with van der Waals surface area (Å²) in [6.45, 7) is 0.353. The second-order valence-corrected chi connectivity index (χ2v) is 8.58. The lowest BCUT2D eigenvalue weighted by molar-refractivity contribution is -0.123. The van der Waals surface area contributed by atoms with Crippen molar-refractivity contribution in [1.29, 1.82) is 0 Å². The van der Waals surface area contributed by atoms with E-state index in [1.165, 1.54) is 0 Å². The Kier molecular flexibility index (Phi) is 8.92. The van der Waals surface area contributed by atoms with Crippen molar-refractivity contribution in [2.45, 2.75) is 25.6 Å². The molecule has 37 heavy (non-hydrogen) atoms. The fourth-order valence-electron chi connectivity index (χ4n) is 3.91. The molecule has 0 aliphatic rings. The first-order valence-corrected chi connectivity index (χ1v) is 12.1. The Balaban J connectivity index is 1.54. The van der Waals surface area contributed by atoms with E-state index < -0.39 is 6.17 Å². The van der Waals surface area contributed by atoms with Crippen molar-refractivity contribution in [3.05, 3.63) is 131 Å². The predicted molar refractivity (Wildman–Crippen MR) is 143 cm³/mol. The molecule has 0 unspecified atom stereocenters. The van der Waals surface area contributed by atoms with Gasteiger partial charge in [-0.3, -0.25) is 9.59 Å². The summed E-state index contributed by atoms with van der Waals surface area (Å²) in [7, 11) is 1.57. The zero-order valence-electron chi connectivity index (χ0n) is 20.7. The van der Waals surface area contributed by atoms with Gasteiger partial charge in [0.1, 0.15) is 12.8 Å². The molecular formula is C31H30N2O4. The van der Waals surface area contributed by atoms with Crippen LogP contribution in [-0.2, 0) is 29.0 Å². The van der Waals surface area contributed by atoms with Crippen LogP contribution in [0, 0.1) is 0 Å². The topological polar surface area (TPSA) is 76.7 Å². The number of amides is 2. The van der Waals surface area contributed by atoms with Gasteiger partial charge >= 0.3 is 0 Å². The maximum absolute atomic E-state index is 12.9. The molecule has 0 atom stereocenters. The fourth-order valence-corrected chi connectivity index (χ4v) is 3.91. The quantitative estimate of drug-likeness (QED) is 0.288. The van der Waals surface area contributed by atoms with Crippen molar-refractivity contribution in [2.24, 2.45) is 0 Å². The largest absolute Gasteiger partial charge is 0.493 e. The van der Waals surface area contributed by atoms with Gasteiger partial charge in [0.25, 0.3) is 0 Å². The van der Waals surface area contributed by atoms with Gasteiger partial charge in [0.05, 0.1) is 20.0 Å². The van der Waals surface area contributed by atoms with Gasteiger partial charge in [-0.1, -0.05) is 97.1 Å². The molecule has 0 spiro atoms. The Morgan fingerprint density at radius 1 is 0.649 bits per heavy atom. The Labute approximate surface area is 217 Å². The highest BCUT2D eigenvalue weighted by Gasteiger charge is 2.20. The zero-order valence-corrected chi connectivity index (χ0v) is 20.7. The molecular weight excluding hydrogens is 464 g/mol. The fraction of sp³-hybridized carbons (Fsp3) is 0.161. The van der Waals surface area contributed by atoms with E-state index in [0.717, 1.165) is 16.7 Å². The van der Waals surface area contributed by atoms with Gasteiger partial charge in [-0.05, 0) is 34.4 Å². The van der Waals surface area contributed by atoms with Crippen molar-refractivity contribution in [3.8, 4) is 11.5 Å². The molecule has 0 fully saturated rings. The second kappa shape index (κ2) is 12.9. The third-order valence-electron chi connectivity index (χ3n) is 5.78. The van der Waals surface area contributed by atoms with Crippen LogP contribution in [-0.4, -0.2) is 18.9 Å². The number of benzene rings is 4. The van der Waals surface area contributed by atoms with Gasteiger partial charge in [-0.25, -0.2) is 0 Å². The zero-order chi connectivity index (χ0) is 25.9. The number of carbonyl (C=O) groups is 2. The van der Waals surface area contributed by atoms with Gasteiger partial charge in [-0.15, -0.1) is 0 Å². The average molecular weight is 495 g/mol. The SMILES string of the molecule is COc1ccc(C(NC(=O)Cc2ccccc2)NC(=O)Cc2ccccc2)cc1OCc1ccccc1. The maximum atomic E-state index is 12.9. The highest BCUT2D eigenvalue weighted by Crippen LogP contribution is 2.31. The molecule has 4 aromatic carbocycles. The lowest BCUT2D eigenvalue weighted by atomic mass is 10.1. The van der Waals surface area contributed by atoms with Crippen LogP contribution in [0.4, 0.5) is 0 Å². The Morgan fingerprint density at radius 2 is 1.14 bits per heavy atom. The maximum Gasteiger partial charge on any atom is 0.226 e. The third kappa shape index (κ3) is 7.70. The van der Waals surface area contributed by atoms with E-state index in [9.17, 15) is 9.59 Å². The first-order chi connectivity index (χ1) is 18.1. The van der Waals surface area contributed by atoms with Crippen molar-refractivity contribution in [1.82, 2.24) is 10.6 Å². The number of carbonyl (C=O) groups excluding carboxylic acids is 2. The van der Waals surface area contributed by atoms with E-state index in [1.54, 1.807) is 19.2 Å². The summed E-state index contributed by atoms with van der Waals surface area (Å²) in [5, 5.41) is 5.94. The molecule has 4 aromatic rings. The average Bonchev–Trinajstić information content (AvgIpc) is 2.93. The molecule has 188 valence electrons. The Bertz CT molecular complexity index is 1240. The lowest BCUT2D eigenvalue weighted by Gasteiger charge is -2.22. The second-order valence-electron chi connectivity index (χ2n) is 8.58. The van der Waals surface area contributed by atoms with E-state index in [0.29, 0.717) is 23.7 Å². The van der Waals surface area contributed by atoms with Gasteiger partial charge in [0.2, 0.25) is 11.8 Å². The number of hydrogen-bond donors (Lipinski definition) is 2. The molecule has 6 nitrogen and oxygen atoms in total. The Hall–Kier alpha value is -4.58. The number of hydrogen-bond acceptors (Lipinski definition) is 4. The number of methoxy groups -OCH3 is 1. The van der Waals surface area contributed by atoms with E-state index in [2.05, 4.69) is 10.6 Å². The molecule has 0 heterocycles. The van der Waals surface area contributed by atoms with Crippen LogP contribution in [0.15, 0.2) is 109 Å². The molecule has 2 amide bonds. The normalized spacial score (nSPS) is 10.5. The lowest BCUT2D eigenvalue weighted by Crippen LogP contribution is -2.42. The molecule has 0 aliphatic heterocycles. The first-order valence-electron chi connectivity index (χ1n) is 12.1. The van der Waals surface area contributed by atoms with Crippen molar-refractivity contribution < 1.29 is 19.1 Å². The molecule has 0 aliphatic carbocycles. The van der Waals surface area contributed by atoms with E-state index in [4.69, 9.17) is 9.47 Å². The van der Waals surface area contributed by atoms with Gasteiger partial charge in [0, 0.05) is 0 Å². The van der Waals surface area contributed by atoms with E-state index in [-0.39, 0.29) is 24.7 Å². The molecule has 6 heteroatoms. The summed E-state index contributed by atoms with van der Waals surface area (Å²) < 4.78 is 11.5. The van der Waals surface area contributed by atoms with Gasteiger partial charge < -0.3 is 20.1 Å². The first kappa shape index (κ1) is 25.5. The van der Waals surface area contributed by atoms with Crippen LogP contribution < -0.4 is 20.1 Å². The van der Waals surface area contributed by atoms with Crippen LogP contribution in [0.1, 0.15) is 28.4 Å². The van der Waals surface area contributed by atoms with Crippen LogP contribution >= 0.6 is 0 Å². The van der Waals surface area contributed by atoms with Crippen LogP contribution in [0.5, 0.6) is 11.5 Å². The third-order valence-corrected chi connectivity index (χ3v) is 5.78. The van der Waals surface area contributed by atoms with Crippen LogP contribution in [0.25, 0.3) is 0 Å². The predicted octanol–water partition coefficient (Wildman–Crippen LogP) is 4.99. The number of rotatable bonds is 11. The summed E-state index contributed by atoms with van der Waals surface area (Å²) in [6, 6.07) is 34.1. The molecule has 0 radical (unpaired) electrons. The summed E-state index contributed by atoms with van der Waals surface area (Å²) in [4.78, 5) is 25.9. The number of ether oxygens (including phenoxy) is 2. The monoisotopic (exact) mass is 494 g/mol. The van der Waals surface area contributed by atoms with Gasteiger partial charge in [0.15, 0.2) is 11.5 Å². The summed E-state index contributed by atoms with van der Waals surface area (Å²) in [5.41, 5.74) is 3.46. The smallest absolute Gasteiger partial charge is 0.226 e. The van der Waals surface area contributed by atoms with E-state index >= 15 is 0 Å². The van der Waals surface area contributed by atoms with Gasteiger partial charge in [-0.2, -0.15) is 0 Å². The summed E-state index contributed by atoms with van der Waals surface area (Å²) in [5.74, 6) is 0.658. The minimum atomic E-state index is -0.752. The van der Waals surface area contributed by atoms with Crippen molar-refractivity contribution in [3.63, 3.8) is 0 Å². The van der Waals surface area contributed by atoms with Crippen LogP contribution in [0.2, 0.25) is 0 Å². The highest BCUT2D eigenvalue weighted by molar-refractivity contribution is 5.82. The van der Waals surface area contributed by atoms with Crippen molar-refractivity contribution >= 4 is 11.8 Å². The molecule has 0 saturated heterocycles. The molecule has 4 rings (SSSR count). The van der Waals surface area contributed by atoms with E-state index in [1.807, 2.05) is 97.1 Å². The molecule has 0 aromatic heterocycles. The molecule has 2 N–H and O–H groups in total. The van der Waals surface area contributed by atoms with Crippen molar-refractivity contribution in [2.75, 3.05) is 7.11 Å². The highest BCUT2D eigenvalue weighted by atomic mass is 16.5. The summed E-state index contributed by atoms with van der Waals surface area (Å²) in [6.07, 6.45) is -0.365. The molecule has 0 bridgehead atoms. The Morgan fingerprint density at radius 3 is 1.62 bits per heavy atom. The minimum absolute atomic E-state index is 0.194. The number of nitrogens with one attached hydrogen (secondary N) is 2.